The maximum absolute atomic E-state index is 11.4. The van der Waals surface area contributed by atoms with Crippen LogP contribution in [-0.2, 0) is 0 Å². The van der Waals surface area contributed by atoms with E-state index in [2.05, 4.69) is 15.5 Å². The lowest BCUT2D eigenvalue weighted by Gasteiger charge is -2.33. The molecule has 2 saturated heterocycles. The molecule has 5 nitrogen and oxygen atoms in total. The zero-order valence-corrected chi connectivity index (χ0v) is 10.7. The van der Waals surface area contributed by atoms with E-state index in [1.165, 1.54) is 25.9 Å². The van der Waals surface area contributed by atoms with E-state index in [0.717, 1.165) is 38.6 Å². The largest absolute Gasteiger partial charge is 0.336 e. The van der Waals surface area contributed by atoms with Gasteiger partial charge in [-0.1, -0.05) is 0 Å². The van der Waals surface area contributed by atoms with E-state index in [-0.39, 0.29) is 6.03 Å². The Hall–Kier alpha value is -0.810. The molecule has 2 rings (SSSR count). The van der Waals surface area contributed by atoms with Crippen LogP contribution in [0.25, 0.3) is 0 Å². The first kappa shape index (κ1) is 12.6. The number of nitrogens with one attached hydrogen (secondary N) is 2. The third-order valence-corrected chi connectivity index (χ3v) is 3.73. The minimum atomic E-state index is 0.105. The molecule has 0 radical (unpaired) electrons. The highest BCUT2D eigenvalue weighted by Gasteiger charge is 2.22. The first-order chi connectivity index (χ1) is 8.29. The summed E-state index contributed by atoms with van der Waals surface area (Å²) in [6.07, 6.45) is 2.63. The SMILES string of the molecule is CNCC1CCCN(CCN2CCNC2=O)C1. The topological polar surface area (TPSA) is 47.6 Å². The van der Waals surface area contributed by atoms with Gasteiger partial charge in [0.15, 0.2) is 0 Å². The van der Waals surface area contributed by atoms with Crippen molar-refractivity contribution >= 4 is 6.03 Å². The standard InChI is InChI=1S/C12H24N4O/c1-13-9-11-3-2-5-15(10-11)7-8-16-6-4-14-12(16)17/h11,13H,2-10H2,1H3,(H,14,17). The quantitative estimate of drug-likeness (QED) is 0.708. The lowest BCUT2D eigenvalue weighted by atomic mass is 9.98. The van der Waals surface area contributed by atoms with Gasteiger partial charge in [-0.3, -0.25) is 0 Å². The molecule has 1 unspecified atom stereocenters. The Morgan fingerprint density at radius 2 is 2.29 bits per heavy atom. The van der Waals surface area contributed by atoms with Crippen LogP contribution in [0.3, 0.4) is 0 Å². The van der Waals surface area contributed by atoms with Gasteiger partial charge in [-0.05, 0) is 38.9 Å². The van der Waals surface area contributed by atoms with Crippen LogP contribution in [0.4, 0.5) is 4.79 Å². The predicted octanol–water partition coefficient (Wildman–Crippen LogP) is -0.0570. The van der Waals surface area contributed by atoms with Gasteiger partial charge in [0, 0.05) is 32.7 Å². The Bertz CT molecular complexity index is 257. The maximum atomic E-state index is 11.4. The molecule has 2 aliphatic rings. The average molecular weight is 240 g/mol. The summed E-state index contributed by atoms with van der Waals surface area (Å²) < 4.78 is 0. The Morgan fingerprint density at radius 1 is 1.41 bits per heavy atom. The van der Waals surface area contributed by atoms with Crippen molar-refractivity contribution in [3.05, 3.63) is 0 Å². The molecule has 0 spiro atoms. The summed E-state index contributed by atoms with van der Waals surface area (Å²) in [6.45, 7) is 7.05. The van der Waals surface area contributed by atoms with Gasteiger partial charge in [0.05, 0.1) is 0 Å². The van der Waals surface area contributed by atoms with Crippen LogP contribution in [0, 0.1) is 5.92 Å². The number of piperidine rings is 1. The van der Waals surface area contributed by atoms with Crippen molar-refractivity contribution in [1.29, 1.82) is 0 Å². The van der Waals surface area contributed by atoms with Gasteiger partial charge in [-0.25, -0.2) is 4.79 Å². The molecule has 17 heavy (non-hydrogen) atoms. The van der Waals surface area contributed by atoms with Gasteiger partial charge in [0.1, 0.15) is 0 Å². The molecule has 0 bridgehead atoms. The monoisotopic (exact) mass is 240 g/mol. The van der Waals surface area contributed by atoms with E-state index in [4.69, 9.17) is 0 Å². The van der Waals surface area contributed by atoms with E-state index in [9.17, 15) is 4.79 Å². The van der Waals surface area contributed by atoms with E-state index in [1.807, 2.05) is 11.9 Å². The zero-order valence-electron chi connectivity index (χ0n) is 10.7. The van der Waals surface area contributed by atoms with Crippen LogP contribution in [0.1, 0.15) is 12.8 Å². The van der Waals surface area contributed by atoms with Crippen LogP contribution >= 0.6 is 0 Å². The molecule has 1 atom stereocenters. The summed E-state index contributed by atoms with van der Waals surface area (Å²) in [6, 6.07) is 0.105. The van der Waals surface area contributed by atoms with Crippen molar-refractivity contribution < 1.29 is 4.79 Å². The van der Waals surface area contributed by atoms with Crippen molar-refractivity contribution in [3.8, 4) is 0 Å². The van der Waals surface area contributed by atoms with Crippen molar-refractivity contribution in [3.63, 3.8) is 0 Å². The summed E-state index contributed by atoms with van der Waals surface area (Å²) >= 11 is 0. The molecule has 0 aromatic heterocycles. The third-order valence-electron chi connectivity index (χ3n) is 3.73. The third kappa shape index (κ3) is 3.57. The molecule has 5 heteroatoms. The first-order valence-corrected chi connectivity index (χ1v) is 6.69. The fourth-order valence-electron chi connectivity index (χ4n) is 2.80. The fourth-order valence-corrected chi connectivity index (χ4v) is 2.80. The van der Waals surface area contributed by atoms with Gasteiger partial charge < -0.3 is 20.4 Å². The van der Waals surface area contributed by atoms with E-state index < -0.39 is 0 Å². The Kier molecular flexibility index (Phi) is 4.62. The average Bonchev–Trinajstić information content (AvgIpc) is 2.73. The van der Waals surface area contributed by atoms with Crippen molar-refractivity contribution in [2.24, 2.45) is 5.92 Å². The molecule has 0 saturated carbocycles. The minimum absolute atomic E-state index is 0.105. The highest BCUT2D eigenvalue weighted by molar-refractivity contribution is 5.76. The fraction of sp³-hybridized carbons (Fsp3) is 0.917. The number of hydrogen-bond donors (Lipinski definition) is 2. The molecule has 0 aliphatic carbocycles. The predicted molar refractivity (Wildman–Crippen MR) is 68.1 cm³/mol. The summed E-state index contributed by atoms with van der Waals surface area (Å²) in [5.41, 5.74) is 0. The molecular weight excluding hydrogens is 216 g/mol. The molecule has 0 aromatic carbocycles. The normalized spacial score (nSPS) is 26.3. The Labute approximate surface area is 104 Å². The summed E-state index contributed by atoms with van der Waals surface area (Å²) in [5.74, 6) is 0.779. The van der Waals surface area contributed by atoms with Crippen molar-refractivity contribution in [2.75, 3.05) is 52.9 Å². The molecule has 2 heterocycles. The molecule has 2 aliphatic heterocycles. The van der Waals surface area contributed by atoms with Gasteiger partial charge in [-0.15, -0.1) is 0 Å². The van der Waals surface area contributed by atoms with Gasteiger partial charge in [0.2, 0.25) is 0 Å². The van der Waals surface area contributed by atoms with Crippen LogP contribution < -0.4 is 10.6 Å². The number of hydrogen-bond acceptors (Lipinski definition) is 3. The number of rotatable bonds is 5. The number of urea groups is 1. The number of carbonyl (C=O) groups excluding carboxylic acids is 1. The molecule has 0 aromatic rings. The summed E-state index contributed by atoms with van der Waals surface area (Å²) in [4.78, 5) is 15.8. The smallest absolute Gasteiger partial charge is 0.317 e. The number of carbonyl (C=O) groups is 1. The van der Waals surface area contributed by atoms with Gasteiger partial charge >= 0.3 is 6.03 Å². The zero-order chi connectivity index (χ0) is 12.1. The van der Waals surface area contributed by atoms with E-state index in [0.29, 0.717) is 0 Å². The molecule has 2 N–H and O–H groups in total. The second-order valence-corrected chi connectivity index (χ2v) is 5.09. The van der Waals surface area contributed by atoms with Gasteiger partial charge in [0.25, 0.3) is 0 Å². The number of amides is 2. The summed E-state index contributed by atoms with van der Waals surface area (Å²) in [5, 5.41) is 6.11. The van der Waals surface area contributed by atoms with Crippen molar-refractivity contribution in [1.82, 2.24) is 20.4 Å². The molecule has 2 amide bonds. The van der Waals surface area contributed by atoms with E-state index >= 15 is 0 Å². The highest BCUT2D eigenvalue weighted by atomic mass is 16.2. The second kappa shape index (κ2) is 6.21. The number of likely N-dealkylation sites (tertiary alicyclic amines) is 1. The lowest BCUT2D eigenvalue weighted by molar-refractivity contribution is 0.156. The molecule has 98 valence electrons. The van der Waals surface area contributed by atoms with Crippen LogP contribution in [-0.4, -0.2) is 68.7 Å². The molecular formula is C12H24N4O. The van der Waals surface area contributed by atoms with Gasteiger partial charge in [-0.2, -0.15) is 0 Å². The van der Waals surface area contributed by atoms with Crippen molar-refractivity contribution in [2.45, 2.75) is 12.8 Å². The maximum Gasteiger partial charge on any atom is 0.317 e. The van der Waals surface area contributed by atoms with E-state index in [1.54, 1.807) is 0 Å². The Balaban J connectivity index is 1.69. The highest BCUT2D eigenvalue weighted by Crippen LogP contribution is 2.15. The van der Waals surface area contributed by atoms with Crippen LogP contribution in [0.15, 0.2) is 0 Å². The second-order valence-electron chi connectivity index (χ2n) is 5.09. The van der Waals surface area contributed by atoms with Crippen LogP contribution in [0.5, 0.6) is 0 Å². The molecule has 2 fully saturated rings. The lowest BCUT2D eigenvalue weighted by Crippen LogP contribution is -2.43. The first-order valence-electron chi connectivity index (χ1n) is 6.69. The Morgan fingerprint density at radius 3 is 3.00 bits per heavy atom. The minimum Gasteiger partial charge on any atom is -0.336 e. The van der Waals surface area contributed by atoms with Crippen LogP contribution in [0.2, 0.25) is 0 Å². The summed E-state index contributed by atoms with van der Waals surface area (Å²) in [7, 11) is 2.02. The number of nitrogens with zero attached hydrogens (tertiary/aromatic N) is 2.